The Bertz CT molecular complexity index is 1220. The Morgan fingerprint density at radius 3 is 2.50 bits per heavy atom. The molecule has 0 unspecified atom stereocenters. The number of alkyl halides is 3. The van der Waals surface area contributed by atoms with Crippen molar-refractivity contribution in [1.29, 1.82) is 0 Å². The number of aryl methyl sites for hydroxylation is 1. The third-order valence-corrected chi connectivity index (χ3v) is 8.53. The van der Waals surface area contributed by atoms with Crippen LogP contribution in [0.2, 0.25) is 0 Å². The van der Waals surface area contributed by atoms with Crippen LogP contribution in [0.15, 0.2) is 41.3 Å². The summed E-state index contributed by atoms with van der Waals surface area (Å²) in [5.74, 6) is -0.301. The van der Waals surface area contributed by atoms with Crippen molar-refractivity contribution in [3.8, 4) is 5.75 Å². The molecule has 0 N–H and O–H groups in total. The SMILES string of the molecule is COC(=O)c1cc(S(=O)(=O)N2c3ccc(C(F)(F)F)cc3CC[C@@H]2C)ccc1OCC1CCOCC1. The lowest BCUT2D eigenvalue weighted by atomic mass is 9.97. The average Bonchev–Trinajstić information content (AvgIpc) is 2.86. The van der Waals surface area contributed by atoms with E-state index in [2.05, 4.69) is 0 Å². The van der Waals surface area contributed by atoms with Crippen LogP contribution in [0.3, 0.4) is 0 Å². The highest BCUT2D eigenvalue weighted by Gasteiger charge is 2.37. The number of carbonyl (C=O) groups excluding carboxylic acids is 1. The van der Waals surface area contributed by atoms with Crippen LogP contribution in [0, 0.1) is 5.92 Å². The molecule has 0 amide bonds. The van der Waals surface area contributed by atoms with E-state index >= 15 is 0 Å². The molecule has 0 spiro atoms. The maximum atomic E-state index is 13.7. The van der Waals surface area contributed by atoms with Crippen molar-refractivity contribution in [3.05, 3.63) is 53.1 Å². The largest absolute Gasteiger partial charge is 0.492 e. The number of hydrogen-bond donors (Lipinski definition) is 0. The van der Waals surface area contributed by atoms with Gasteiger partial charge in [0.1, 0.15) is 11.3 Å². The number of hydrogen-bond acceptors (Lipinski definition) is 6. The van der Waals surface area contributed by atoms with Crippen LogP contribution >= 0.6 is 0 Å². The summed E-state index contributed by atoms with van der Waals surface area (Å²) in [6, 6.07) is 6.53. The molecule has 1 fully saturated rings. The van der Waals surface area contributed by atoms with Gasteiger partial charge >= 0.3 is 12.1 Å². The molecule has 196 valence electrons. The summed E-state index contributed by atoms with van der Waals surface area (Å²) >= 11 is 0. The quantitative estimate of drug-likeness (QED) is 0.501. The van der Waals surface area contributed by atoms with Gasteiger partial charge in [-0.25, -0.2) is 13.2 Å². The van der Waals surface area contributed by atoms with Crippen LogP contribution in [-0.4, -0.2) is 47.4 Å². The number of halogens is 3. The van der Waals surface area contributed by atoms with Gasteiger partial charge in [-0.2, -0.15) is 13.2 Å². The molecule has 2 heterocycles. The number of rotatable bonds is 6. The first-order chi connectivity index (χ1) is 17.0. The van der Waals surface area contributed by atoms with E-state index in [4.69, 9.17) is 14.2 Å². The lowest BCUT2D eigenvalue weighted by Crippen LogP contribution is -2.42. The molecule has 0 bridgehead atoms. The minimum Gasteiger partial charge on any atom is -0.492 e. The molecule has 0 aromatic heterocycles. The Morgan fingerprint density at radius 2 is 1.83 bits per heavy atom. The van der Waals surface area contributed by atoms with Crippen molar-refractivity contribution in [2.24, 2.45) is 5.92 Å². The number of sulfonamides is 1. The summed E-state index contributed by atoms with van der Waals surface area (Å²) in [5.41, 5.74) is -0.368. The van der Waals surface area contributed by atoms with E-state index in [0.29, 0.717) is 38.2 Å². The Kier molecular flexibility index (Phi) is 7.51. The number of esters is 1. The van der Waals surface area contributed by atoms with Crippen molar-refractivity contribution in [1.82, 2.24) is 0 Å². The zero-order valence-corrected chi connectivity index (χ0v) is 20.8. The fourth-order valence-electron chi connectivity index (χ4n) is 4.56. The highest BCUT2D eigenvalue weighted by molar-refractivity contribution is 7.92. The predicted molar refractivity (Wildman–Crippen MR) is 126 cm³/mol. The second-order valence-corrected chi connectivity index (χ2v) is 10.9. The van der Waals surface area contributed by atoms with Gasteiger partial charge in [-0.05, 0) is 80.5 Å². The summed E-state index contributed by atoms with van der Waals surface area (Å²) in [4.78, 5) is 12.3. The average molecular weight is 528 g/mol. The number of methoxy groups -OCH3 is 1. The predicted octanol–water partition coefficient (Wildman–Crippen LogP) is 4.83. The molecule has 36 heavy (non-hydrogen) atoms. The van der Waals surface area contributed by atoms with Crippen molar-refractivity contribution >= 4 is 21.7 Å². The van der Waals surface area contributed by atoms with Crippen molar-refractivity contribution in [3.63, 3.8) is 0 Å². The zero-order valence-electron chi connectivity index (χ0n) is 20.0. The van der Waals surface area contributed by atoms with E-state index < -0.39 is 33.8 Å². The molecule has 0 saturated carbocycles. The minimum atomic E-state index is -4.53. The molecule has 4 rings (SSSR count). The molecule has 2 aliphatic rings. The second kappa shape index (κ2) is 10.3. The first-order valence-electron chi connectivity index (χ1n) is 11.7. The van der Waals surface area contributed by atoms with Gasteiger partial charge in [-0.3, -0.25) is 4.31 Å². The van der Waals surface area contributed by atoms with Crippen LogP contribution in [0.1, 0.15) is 47.7 Å². The fraction of sp³-hybridized carbons (Fsp3) is 0.480. The molecule has 2 aromatic rings. The molecular formula is C25H28F3NO6S. The summed E-state index contributed by atoms with van der Waals surface area (Å²) in [7, 11) is -3.03. The summed E-state index contributed by atoms with van der Waals surface area (Å²) in [6.07, 6.45) is -2.22. The molecule has 11 heteroatoms. The highest BCUT2D eigenvalue weighted by Crippen LogP contribution is 2.39. The van der Waals surface area contributed by atoms with Gasteiger partial charge in [0.05, 0.1) is 29.9 Å². The van der Waals surface area contributed by atoms with Crippen LogP contribution in [0.4, 0.5) is 18.9 Å². The Morgan fingerprint density at radius 1 is 1.11 bits per heavy atom. The van der Waals surface area contributed by atoms with E-state index in [9.17, 15) is 26.4 Å². The van der Waals surface area contributed by atoms with Crippen LogP contribution in [0.5, 0.6) is 5.75 Å². The lowest BCUT2D eigenvalue weighted by molar-refractivity contribution is -0.137. The number of benzene rings is 2. The molecular weight excluding hydrogens is 499 g/mol. The molecule has 0 radical (unpaired) electrons. The van der Waals surface area contributed by atoms with E-state index in [-0.39, 0.29) is 27.8 Å². The molecule has 0 aliphatic carbocycles. The highest BCUT2D eigenvalue weighted by atomic mass is 32.2. The minimum absolute atomic E-state index is 0.0389. The Labute approximate surface area is 208 Å². The number of ether oxygens (including phenoxy) is 3. The maximum Gasteiger partial charge on any atom is 0.416 e. The van der Waals surface area contributed by atoms with Crippen LogP contribution < -0.4 is 9.04 Å². The van der Waals surface area contributed by atoms with Gasteiger partial charge in [-0.15, -0.1) is 0 Å². The van der Waals surface area contributed by atoms with Gasteiger partial charge in [-0.1, -0.05) is 0 Å². The summed E-state index contributed by atoms with van der Waals surface area (Å²) in [6.45, 7) is 3.31. The van der Waals surface area contributed by atoms with E-state index in [1.165, 1.54) is 31.4 Å². The Balaban J connectivity index is 1.68. The standard InChI is InChI=1S/C25H28F3NO6S/c1-16-3-4-18-13-19(25(26,27)28)5-7-22(18)29(16)36(31,32)20-6-8-23(21(14-20)24(30)33-2)35-15-17-9-11-34-12-10-17/h5-8,13-14,16-17H,3-4,9-12,15H2,1-2H3/t16-/m0/s1. The number of fused-ring (bicyclic) bond motifs is 1. The molecule has 1 atom stereocenters. The molecule has 7 nitrogen and oxygen atoms in total. The smallest absolute Gasteiger partial charge is 0.416 e. The summed E-state index contributed by atoms with van der Waals surface area (Å²) < 4.78 is 84.3. The fourth-order valence-corrected chi connectivity index (χ4v) is 6.31. The number of nitrogens with zero attached hydrogens (tertiary/aromatic N) is 1. The molecule has 2 aliphatic heterocycles. The van der Waals surface area contributed by atoms with Crippen molar-refractivity contribution in [2.45, 2.75) is 49.7 Å². The third-order valence-electron chi connectivity index (χ3n) is 6.60. The monoisotopic (exact) mass is 527 g/mol. The normalized spacial score (nSPS) is 19.0. The third kappa shape index (κ3) is 5.31. The molecule has 2 aromatic carbocycles. The van der Waals surface area contributed by atoms with Gasteiger partial charge in [0, 0.05) is 19.3 Å². The first kappa shape index (κ1) is 26.3. The molecule has 1 saturated heterocycles. The van der Waals surface area contributed by atoms with E-state index in [0.717, 1.165) is 29.3 Å². The number of anilines is 1. The van der Waals surface area contributed by atoms with Gasteiger partial charge in [0.2, 0.25) is 0 Å². The zero-order chi connectivity index (χ0) is 26.1. The topological polar surface area (TPSA) is 82.1 Å². The van der Waals surface area contributed by atoms with Gasteiger partial charge in [0.15, 0.2) is 0 Å². The van der Waals surface area contributed by atoms with Gasteiger partial charge < -0.3 is 14.2 Å². The van der Waals surface area contributed by atoms with Crippen molar-refractivity contribution in [2.75, 3.05) is 31.2 Å². The van der Waals surface area contributed by atoms with Gasteiger partial charge in [0.25, 0.3) is 10.0 Å². The van der Waals surface area contributed by atoms with Crippen LogP contribution in [-0.2, 0) is 32.1 Å². The summed E-state index contributed by atoms with van der Waals surface area (Å²) in [5, 5.41) is 0. The van der Waals surface area contributed by atoms with Crippen LogP contribution in [0.25, 0.3) is 0 Å². The van der Waals surface area contributed by atoms with E-state index in [1.807, 2.05) is 0 Å². The second-order valence-electron chi connectivity index (χ2n) is 9.05. The lowest BCUT2D eigenvalue weighted by Gasteiger charge is -2.36. The Hall–Kier alpha value is -2.79. The van der Waals surface area contributed by atoms with Crippen molar-refractivity contribution < 1.29 is 40.6 Å². The first-order valence-corrected chi connectivity index (χ1v) is 13.1. The maximum absolute atomic E-state index is 13.7. The van der Waals surface area contributed by atoms with E-state index in [1.54, 1.807) is 6.92 Å². The number of carbonyl (C=O) groups is 1.